The lowest BCUT2D eigenvalue weighted by molar-refractivity contribution is -0.0324. The van der Waals surface area contributed by atoms with E-state index < -0.39 is 17.5 Å². The summed E-state index contributed by atoms with van der Waals surface area (Å²) in [5.41, 5.74) is -0.874. The molecule has 0 aromatic carbocycles. The number of H-pyrrole nitrogens is 1. The van der Waals surface area contributed by atoms with Gasteiger partial charge in [-0.2, -0.15) is 11.8 Å². The maximum atomic E-state index is 11.8. The number of ether oxygens (including phenoxy) is 1. The smallest absolute Gasteiger partial charge is 0.330 e. The number of thioether (sulfide) groups is 1. The summed E-state index contributed by atoms with van der Waals surface area (Å²) < 4.78 is 7.04. The average Bonchev–Trinajstić information content (AvgIpc) is 2.68. The molecule has 0 aliphatic carbocycles. The predicted octanol–water partition coefficient (Wildman–Crippen LogP) is -0.308. The van der Waals surface area contributed by atoms with E-state index in [1.54, 1.807) is 11.8 Å². The van der Waals surface area contributed by atoms with Crippen molar-refractivity contribution in [3.8, 4) is 0 Å². The fourth-order valence-corrected chi connectivity index (χ4v) is 3.94. The average molecular weight is 270 g/mol. The number of aliphatic hydroxyl groups is 1. The molecular formula is C11H14N2O4S. The van der Waals surface area contributed by atoms with Crippen molar-refractivity contribution in [3.05, 3.63) is 33.1 Å². The molecule has 3 rings (SSSR count). The Kier molecular flexibility index (Phi) is 2.84. The van der Waals surface area contributed by atoms with E-state index in [2.05, 4.69) is 4.98 Å². The molecule has 2 saturated heterocycles. The van der Waals surface area contributed by atoms with Crippen LogP contribution in [-0.2, 0) is 4.74 Å². The fourth-order valence-electron chi connectivity index (χ4n) is 2.60. The standard InChI is InChI=1S/C11H14N2O4S/c14-6-7-5-11(2-4-18-11)9(17-7)13-3-1-8(15)12-10(13)16/h1,3,7,9,14H,2,4-6H2,(H,12,15,16)/t7?,9?,11-/m1/s1. The van der Waals surface area contributed by atoms with Gasteiger partial charge in [-0.3, -0.25) is 14.3 Å². The molecule has 2 unspecified atom stereocenters. The van der Waals surface area contributed by atoms with E-state index in [4.69, 9.17) is 4.74 Å². The molecule has 18 heavy (non-hydrogen) atoms. The van der Waals surface area contributed by atoms with Crippen LogP contribution in [0.1, 0.15) is 19.1 Å². The van der Waals surface area contributed by atoms with Crippen LogP contribution >= 0.6 is 11.8 Å². The molecule has 2 fully saturated rings. The van der Waals surface area contributed by atoms with E-state index in [0.717, 1.165) is 18.6 Å². The van der Waals surface area contributed by atoms with Crippen molar-refractivity contribution in [2.45, 2.75) is 29.9 Å². The molecule has 98 valence electrons. The summed E-state index contributed by atoms with van der Waals surface area (Å²) in [6.45, 7) is -0.0447. The van der Waals surface area contributed by atoms with Crippen molar-refractivity contribution < 1.29 is 9.84 Å². The van der Waals surface area contributed by atoms with Crippen LogP contribution in [0.3, 0.4) is 0 Å². The van der Waals surface area contributed by atoms with Crippen molar-refractivity contribution in [2.24, 2.45) is 0 Å². The van der Waals surface area contributed by atoms with Gasteiger partial charge in [0.1, 0.15) is 0 Å². The predicted molar refractivity (Wildman–Crippen MR) is 66.7 cm³/mol. The first kappa shape index (κ1) is 12.0. The van der Waals surface area contributed by atoms with Crippen LogP contribution in [0.2, 0.25) is 0 Å². The highest BCUT2D eigenvalue weighted by atomic mass is 32.2. The summed E-state index contributed by atoms with van der Waals surface area (Å²) in [5, 5.41) is 9.22. The van der Waals surface area contributed by atoms with Gasteiger partial charge in [0.2, 0.25) is 0 Å². The maximum absolute atomic E-state index is 11.8. The lowest BCUT2D eigenvalue weighted by atomic mass is 9.97. The molecule has 0 amide bonds. The third-order valence-electron chi connectivity index (χ3n) is 3.57. The number of nitrogens with zero attached hydrogens (tertiary/aromatic N) is 1. The normalized spacial score (nSPS) is 34.7. The first-order valence-electron chi connectivity index (χ1n) is 5.86. The van der Waals surface area contributed by atoms with Crippen LogP contribution in [0.5, 0.6) is 0 Å². The summed E-state index contributed by atoms with van der Waals surface area (Å²) >= 11 is 1.76. The van der Waals surface area contributed by atoms with E-state index in [1.807, 2.05) is 0 Å². The number of nitrogens with one attached hydrogen (secondary N) is 1. The van der Waals surface area contributed by atoms with E-state index in [0.29, 0.717) is 0 Å². The van der Waals surface area contributed by atoms with Crippen LogP contribution < -0.4 is 11.2 Å². The Labute approximate surface area is 107 Å². The first-order chi connectivity index (χ1) is 8.64. The van der Waals surface area contributed by atoms with Crippen LogP contribution in [0.25, 0.3) is 0 Å². The van der Waals surface area contributed by atoms with E-state index >= 15 is 0 Å². The minimum atomic E-state index is -0.460. The molecule has 2 aliphatic rings. The summed E-state index contributed by atoms with van der Waals surface area (Å²) in [6.07, 6.45) is 2.53. The van der Waals surface area contributed by atoms with Gasteiger partial charge in [0.15, 0.2) is 6.23 Å². The van der Waals surface area contributed by atoms with Gasteiger partial charge in [0.05, 0.1) is 17.5 Å². The quantitative estimate of drug-likeness (QED) is 0.770. The van der Waals surface area contributed by atoms with Crippen LogP contribution in [-0.4, -0.2) is 37.9 Å². The molecule has 0 radical (unpaired) electrons. The summed E-state index contributed by atoms with van der Waals surface area (Å²) in [7, 11) is 0. The van der Waals surface area contributed by atoms with Crippen LogP contribution in [0.4, 0.5) is 0 Å². The van der Waals surface area contributed by atoms with E-state index in [1.165, 1.54) is 16.8 Å². The fraction of sp³-hybridized carbons (Fsp3) is 0.636. The molecule has 0 saturated carbocycles. The van der Waals surface area contributed by atoms with Gasteiger partial charge in [-0.25, -0.2) is 4.79 Å². The van der Waals surface area contributed by atoms with Crippen molar-refractivity contribution >= 4 is 11.8 Å². The Morgan fingerprint density at radius 3 is 2.94 bits per heavy atom. The molecule has 6 nitrogen and oxygen atoms in total. The maximum Gasteiger partial charge on any atom is 0.330 e. The third-order valence-corrected chi connectivity index (χ3v) is 5.12. The molecule has 3 heterocycles. The van der Waals surface area contributed by atoms with E-state index in [9.17, 15) is 14.7 Å². The number of hydrogen-bond donors (Lipinski definition) is 2. The van der Waals surface area contributed by atoms with Gasteiger partial charge in [-0.05, 0) is 18.6 Å². The monoisotopic (exact) mass is 270 g/mol. The third kappa shape index (κ3) is 1.73. The Bertz CT molecular complexity index is 563. The van der Waals surface area contributed by atoms with Crippen molar-refractivity contribution in [2.75, 3.05) is 12.4 Å². The molecular weight excluding hydrogens is 256 g/mol. The zero-order valence-electron chi connectivity index (χ0n) is 9.67. The Morgan fingerprint density at radius 2 is 2.39 bits per heavy atom. The van der Waals surface area contributed by atoms with Gasteiger partial charge >= 0.3 is 5.69 Å². The molecule has 2 aliphatic heterocycles. The zero-order chi connectivity index (χ0) is 12.8. The highest BCUT2D eigenvalue weighted by Gasteiger charge is 2.54. The Balaban J connectivity index is 1.99. The highest BCUT2D eigenvalue weighted by Crippen LogP contribution is 2.56. The minimum absolute atomic E-state index is 0.0447. The SMILES string of the molecule is O=c1ccn(C2OC(CO)C[C@]23CCS3)c(=O)[nH]1. The lowest BCUT2D eigenvalue weighted by Crippen LogP contribution is -2.44. The number of aliphatic hydroxyl groups excluding tert-OH is 1. The highest BCUT2D eigenvalue weighted by molar-refractivity contribution is 8.02. The molecule has 1 aromatic heterocycles. The van der Waals surface area contributed by atoms with Crippen molar-refractivity contribution in [1.82, 2.24) is 9.55 Å². The van der Waals surface area contributed by atoms with Crippen molar-refractivity contribution in [1.29, 1.82) is 0 Å². The molecule has 1 spiro atoms. The van der Waals surface area contributed by atoms with Crippen LogP contribution in [0.15, 0.2) is 21.9 Å². The summed E-state index contributed by atoms with van der Waals surface area (Å²) in [6, 6.07) is 1.31. The van der Waals surface area contributed by atoms with E-state index in [-0.39, 0.29) is 17.5 Å². The minimum Gasteiger partial charge on any atom is -0.394 e. The van der Waals surface area contributed by atoms with Gasteiger partial charge in [0, 0.05) is 12.3 Å². The number of rotatable bonds is 2. The molecule has 0 bridgehead atoms. The number of aromatic nitrogens is 2. The summed E-state index contributed by atoms with van der Waals surface area (Å²) in [4.78, 5) is 25.1. The first-order valence-corrected chi connectivity index (χ1v) is 6.85. The largest absolute Gasteiger partial charge is 0.394 e. The van der Waals surface area contributed by atoms with Gasteiger partial charge in [-0.1, -0.05) is 0 Å². The Hall–Kier alpha value is -1.05. The topological polar surface area (TPSA) is 84.3 Å². The second-order valence-corrected chi connectivity index (χ2v) is 6.19. The van der Waals surface area contributed by atoms with Crippen LogP contribution in [0, 0.1) is 0 Å². The molecule has 2 N–H and O–H groups in total. The summed E-state index contributed by atoms with van der Waals surface area (Å²) in [5.74, 6) is 1.04. The number of hydrogen-bond acceptors (Lipinski definition) is 5. The second-order valence-electron chi connectivity index (χ2n) is 4.68. The molecule has 7 heteroatoms. The Morgan fingerprint density at radius 1 is 1.61 bits per heavy atom. The molecule has 1 aromatic rings. The van der Waals surface area contributed by atoms with Gasteiger partial charge in [-0.15, -0.1) is 0 Å². The molecule has 3 atom stereocenters. The second kappa shape index (κ2) is 4.25. The van der Waals surface area contributed by atoms with Gasteiger partial charge < -0.3 is 9.84 Å². The number of aromatic amines is 1. The lowest BCUT2D eigenvalue weighted by Gasteiger charge is -2.41. The zero-order valence-corrected chi connectivity index (χ0v) is 10.5. The van der Waals surface area contributed by atoms with Crippen molar-refractivity contribution in [3.63, 3.8) is 0 Å². The van der Waals surface area contributed by atoms with Gasteiger partial charge in [0.25, 0.3) is 5.56 Å².